The molecule has 0 unspecified atom stereocenters. The van der Waals surface area contributed by atoms with Gasteiger partial charge in [-0.05, 0) is 24.1 Å². The van der Waals surface area contributed by atoms with Crippen LogP contribution in [0.25, 0.3) is 0 Å². The summed E-state index contributed by atoms with van der Waals surface area (Å²) in [5, 5.41) is 34.3. The second-order valence-corrected chi connectivity index (χ2v) is 3.83. The highest BCUT2D eigenvalue weighted by Crippen LogP contribution is 2.25. The van der Waals surface area contributed by atoms with Gasteiger partial charge in [-0.25, -0.2) is 4.79 Å². The molecule has 0 heterocycles. The van der Waals surface area contributed by atoms with Gasteiger partial charge in [0.1, 0.15) is 6.04 Å². The quantitative estimate of drug-likeness (QED) is 0.324. The Morgan fingerprint density at radius 3 is 1.95 bits per heavy atom. The lowest BCUT2D eigenvalue weighted by Crippen LogP contribution is -2.32. The lowest BCUT2D eigenvalue weighted by Gasteiger charge is -2.06. The normalized spacial score (nSPS) is 10.4. The molecule has 21 heavy (non-hydrogen) atoms. The number of carbonyl (C=O) groups excluding carboxylic acids is 1. The number of aromatic hydroxyl groups is 2. The van der Waals surface area contributed by atoms with Crippen molar-refractivity contribution in [1.82, 2.24) is 6.15 Å². The maximum atomic E-state index is 10.4. The Labute approximate surface area is 120 Å². The molecule has 0 saturated heterocycles. The lowest BCUT2D eigenvalue weighted by molar-refractivity contribution is -0.148. The predicted molar refractivity (Wildman–Crippen MR) is 72.4 cm³/mol. The van der Waals surface area contributed by atoms with Crippen LogP contribution >= 0.6 is 0 Å². The number of carboxylic acid groups (broad SMARTS) is 2. The summed E-state index contributed by atoms with van der Waals surface area (Å²) in [6.45, 7) is 1.00. The smallest absolute Gasteiger partial charge is 0.371 e. The van der Waals surface area contributed by atoms with E-state index >= 15 is 0 Å². The van der Waals surface area contributed by atoms with Crippen molar-refractivity contribution in [3.63, 3.8) is 0 Å². The first-order valence-corrected chi connectivity index (χ1v) is 5.38. The Morgan fingerprint density at radius 2 is 1.62 bits per heavy atom. The summed E-state index contributed by atoms with van der Waals surface area (Å²) in [6.07, 6.45) is 0.114. The van der Waals surface area contributed by atoms with Crippen molar-refractivity contribution < 1.29 is 34.8 Å². The van der Waals surface area contributed by atoms with Crippen LogP contribution < -0.4 is 11.9 Å². The second kappa shape index (κ2) is 9.28. The van der Waals surface area contributed by atoms with Crippen molar-refractivity contribution in [2.24, 2.45) is 5.73 Å². The molecule has 0 fully saturated rings. The fraction of sp³-hybridized carbons (Fsp3) is 0.250. The summed E-state index contributed by atoms with van der Waals surface area (Å²) in [6, 6.07) is 3.09. The van der Waals surface area contributed by atoms with E-state index in [4.69, 9.17) is 26.2 Å². The Balaban J connectivity index is 0. The molecule has 1 rings (SSSR count). The average Bonchev–Trinajstić information content (AvgIpc) is 2.34. The SMILES string of the molecule is CC(=O)C(=O)O.N.N[C@@H](Cc1ccc(O)c(O)c1)C(=O)O. The summed E-state index contributed by atoms with van der Waals surface area (Å²) < 4.78 is 0. The first kappa shape index (κ1) is 20.7. The molecule has 9 heteroatoms. The molecule has 0 aliphatic rings. The zero-order valence-electron chi connectivity index (χ0n) is 11.3. The van der Waals surface area contributed by atoms with Gasteiger partial charge >= 0.3 is 11.9 Å². The van der Waals surface area contributed by atoms with Crippen LogP contribution in [0, 0.1) is 0 Å². The molecular formula is C12H18N2O7. The number of carbonyl (C=O) groups is 3. The molecule has 0 bridgehead atoms. The van der Waals surface area contributed by atoms with E-state index in [1.165, 1.54) is 18.2 Å². The van der Waals surface area contributed by atoms with Gasteiger partial charge in [0.05, 0.1) is 0 Å². The minimum absolute atomic E-state index is 0. The molecule has 0 spiro atoms. The minimum atomic E-state index is -1.38. The van der Waals surface area contributed by atoms with Crippen molar-refractivity contribution in [3.8, 4) is 11.5 Å². The number of carboxylic acids is 2. The molecule has 118 valence electrons. The van der Waals surface area contributed by atoms with E-state index in [0.717, 1.165) is 6.92 Å². The summed E-state index contributed by atoms with van der Waals surface area (Å²) >= 11 is 0. The van der Waals surface area contributed by atoms with Crippen LogP contribution in [0.3, 0.4) is 0 Å². The summed E-state index contributed by atoms with van der Waals surface area (Å²) in [5.41, 5.74) is 5.86. The van der Waals surface area contributed by atoms with Crippen LogP contribution in [0.2, 0.25) is 0 Å². The summed E-state index contributed by atoms with van der Waals surface area (Å²) in [7, 11) is 0. The fourth-order valence-electron chi connectivity index (χ4n) is 1.04. The van der Waals surface area contributed by atoms with Crippen molar-refractivity contribution >= 4 is 17.7 Å². The third kappa shape index (κ3) is 8.18. The summed E-state index contributed by atoms with van der Waals surface area (Å²) in [4.78, 5) is 29.3. The molecule has 0 aromatic heterocycles. The van der Waals surface area contributed by atoms with Gasteiger partial charge in [-0.1, -0.05) is 6.07 Å². The van der Waals surface area contributed by atoms with Crippen molar-refractivity contribution in [3.05, 3.63) is 23.8 Å². The molecule has 9 N–H and O–H groups in total. The van der Waals surface area contributed by atoms with Gasteiger partial charge in [-0.3, -0.25) is 9.59 Å². The van der Waals surface area contributed by atoms with E-state index in [1.807, 2.05) is 0 Å². The second-order valence-electron chi connectivity index (χ2n) is 3.83. The van der Waals surface area contributed by atoms with E-state index in [2.05, 4.69) is 0 Å². The number of phenolic OH excluding ortho intramolecular Hbond substituents is 2. The highest BCUT2D eigenvalue weighted by molar-refractivity contribution is 6.31. The largest absolute Gasteiger partial charge is 0.504 e. The Kier molecular flexibility index (Phi) is 9.14. The fourth-order valence-corrected chi connectivity index (χ4v) is 1.04. The molecule has 0 amide bonds. The first-order valence-electron chi connectivity index (χ1n) is 5.38. The molecule has 9 nitrogen and oxygen atoms in total. The Bertz CT molecular complexity index is 504. The van der Waals surface area contributed by atoms with Crippen LogP contribution in [0.4, 0.5) is 0 Å². The van der Waals surface area contributed by atoms with Crippen LogP contribution in [0.1, 0.15) is 12.5 Å². The number of hydrogen-bond donors (Lipinski definition) is 6. The van der Waals surface area contributed by atoms with E-state index < -0.39 is 23.8 Å². The number of nitrogens with two attached hydrogens (primary N) is 1. The van der Waals surface area contributed by atoms with Crippen molar-refractivity contribution in [1.29, 1.82) is 0 Å². The van der Waals surface area contributed by atoms with Gasteiger partial charge in [0, 0.05) is 6.92 Å². The van der Waals surface area contributed by atoms with E-state index in [9.17, 15) is 14.4 Å². The lowest BCUT2D eigenvalue weighted by atomic mass is 10.1. The van der Waals surface area contributed by atoms with Gasteiger partial charge in [-0.2, -0.15) is 0 Å². The van der Waals surface area contributed by atoms with Crippen molar-refractivity contribution in [2.75, 3.05) is 0 Å². The van der Waals surface area contributed by atoms with Crippen LogP contribution in [-0.4, -0.2) is 44.2 Å². The molecule has 0 radical (unpaired) electrons. The monoisotopic (exact) mass is 302 g/mol. The first-order chi connectivity index (χ1) is 9.15. The Hall–Kier alpha value is -2.65. The number of phenols is 2. The molecule has 0 saturated carbocycles. The maximum Gasteiger partial charge on any atom is 0.371 e. The third-order valence-electron chi connectivity index (χ3n) is 2.11. The highest BCUT2D eigenvalue weighted by Gasteiger charge is 2.12. The number of hydrogen-bond acceptors (Lipinski definition) is 7. The highest BCUT2D eigenvalue weighted by atomic mass is 16.4. The molecule has 1 aromatic rings. The minimum Gasteiger partial charge on any atom is -0.504 e. The maximum absolute atomic E-state index is 10.4. The average molecular weight is 302 g/mol. The van der Waals surface area contributed by atoms with Gasteiger partial charge in [0.25, 0.3) is 0 Å². The number of rotatable bonds is 4. The predicted octanol–water partition coefficient (Wildman–Crippen LogP) is -0.126. The van der Waals surface area contributed by atoms with Crippen LogP contribution in [0.5, 0.6) is 11.5 Å². The van der Waals surface area contributed by atoms with Crippen molar-refractivity contribution in [2.45, 2.75) is 19.4 Å². The van der Waals surface area contributed by atoms with Gasteiger partial charge in [0.2, 0.25) is 5.78 Å². The number of benzene rings is 1. The molecule has 1 atom stereocenters. The number of Topliss-reactive ketones (excluding diaryl/α,β-unsaturated/α-hetero) is 1. The molecule has 0 aliphatic heterocycles. The van der Waals surface area contributed by atoms with E-state index in [-0.39, 0.29) is 24.1 Å². The number of aliphatic carboxylic acids is 2. The molecular weight excluding hydrogens is 284 g/mol. The van der Waals surface area contributed by atoms with Gasteiger partial charge in [-0.15, -0.1) is 0 Å². The molecule has 0 aliphatic carbocycles. The van der Waals surface area contributed by atoms with Crippen LogP contribution in [-0.2, 0) is 20.8 Å². The standard InChI is InChI=1S/C9H11NO4.C3H4O3.H3N/c10-6(9(13)14)3-5-1-2-7(11)8(12)4-5;1-2(4)3(5)6;/h1-2,4,6,11-12H,3,10H2,(H,13,14);1H3,(H,5,6);1H3/t6-;;/m0../s1. The van der Waals surface area contributed by atoms with Crippen LogP contribution in [0.15, 0.2) is 18.2 Å². The Morgan fingerprint density at radius 1 is 1.14 bits per heavy atom. The zero-order valence-corrected chi connectivity index (χ0v) is 11.3. The van der Waals surface area contributed by atoms with Gasteiger partial charge < -0.3 is 32.3 Å². The summed E-state index contributed by atoms with van der Waals surface area (Å²) in [5.74, 6) is -3.82. The van der Waals surface area contributed by atoms with E-state index in [0.29, 0.717) is 5.56 Å². The topological polar surface area (TPSA) is 193 Å². The van der Waals surface area contributed by atoms with Gasteiger partial charge in [0.15, 0.2) is 11.5 Å². The zero-order chi connectivity index (χ0) is 15.9. The third-order valence-corrected chi connectivity index (χ3v) is 2.11. The number of ketones is 1. The molecule has 1 aromatic carbocycles. The van der Waals surface area contributed by atoms with E-state index in [1.54, 1.807) is 0 Å².